The van der Waals surface area contributed by atoms with Gasteiger partial charge in [0.15, 0.2) is 23.3 Å². The van der Waals surface area contributed by atoms with Crippen LogP contribution in [0, 0.1) is 0 Å². The summed E-state index contributed by atoms with van der Waals surface area (Å²) in [4.78, 5) is 24.3. The number of aldehydes is 1. The molecule has 2 N–H and O–H groups in total. The van der Waals surface area contributed by atoms with Crippen LogP contribution in [0.5, 0.6) is 0 Å². The number of benzene rings is 1. The van der Waals surface area contributed by atoms with E-state index in [1.165, 1.54) is 0 Å². The number of hydrogen-bond acceptors (Lipinski definition) is 6. The molecule has 1 aromatic carbocycles. The molecule has 2 heterocycles. The van der Waals surface area contributed by atoms with Crippen molar-refractivity contribution in [1.82, 2.24) is 19.5 Å². The lowest BCUT2D eigenvalue weighted by Gasteiger charge is -2.11. The van der Waals surface area contributed by atoms with Crippen molar-refractivity contribution >= 4 is 40.6 Å². The number of hydrogen-bond donors (Lipinski definition) is 2. The van der Waals surface area contributed by atoms with Crippen molar-refractivity contribution in [3.05, 3.63) is 40.9 Å². The number of halogens is 1. The fraction of sp³-hybridized carbons (Fsp3) is 0.294. The van der Waals surface area contributed by atoms with E-state index in [-0.39, 0.29) is 12.6 Å². The highest BCUT2D eigenvalue weighted by Gasteiger charge is 2.15. The van der Waals surface area contributed by atoms with Gasteiger partial charge in [-0.1, -0.05) is 11.6 Å². The van der Waals surface area contributed by atoms with E-state index in [2.05, 4.69) is 20.3 Å². The number of aromatic nitrogens is 4. The van der Waals surface area contributed by atoms with Crippen LogP contribution in [-0.4, -0.2) is 37.5 Å². The number of imidazole rings is 1. The maximum atomic E-state index is 10.9. The van der Waals surface area contributed by atoms with Crippen LogP contribution in [0.3, 0.4) is 0 Å². The predicted octanol–water partition coefficient (Wildman–Crippen LogP) is 3.15. The first-order valence-electron chi connectivity index (χ1n) is 7.89. The molecule has 0 atom stereocenters. The molecule has 0 bridgehead atoms. The Hall–Kier alpha value is -2.51. The molecule has 130 valence electrons. The van der Waals surface area contributed by atoms with Crippen LogP contribution >= 0.6 is 11.6 Å². The first-order chi connectivity index (χ1) is 12.0. The molecular formula is C17H18ClN5O2. The summed E-state index contributed by atoms with van der Waals surface area (Å²) in [5, 5.41) is 12.8. The summed E-state index contributed by atoms with van der Waals surface area (Å²) < 4.78 is 1.95. The molecule has 25 heavy (non-hydrogen) atoms. The summed E-state index contributed by atoms with van der Waals surface area (Å²) in [5.41, 5.74) is 2.44. The molecule has 0 amide bonds. The van der Waals surface area contributed by atoms with Gasteiger partial charge in [-0.2, -0.15) is 0 Å². The number of nitrogens with one attached hydrogen (secondary N) is 1. The second-order valence-corrected chi connectivity index (χ2v) is 6.27. The minimum Gasteiger partial charge on any atom is -0.396 e. The summed E-state index contributed by atoms with van der Waals surface area (Å²) in [5.74, 6) is 1.05. The van der Waals surface area contributed by atoms with E-state index in [1.807, 2.05) is 18.4 Å². The van der Waals surface area contributed by atoms with Gasteiger partial charge in [0.05, 0.1) is 18.0 Å². The average molecular weight is 360 g/mol. The third kappa shape index (κ3) is 3.47. The van der Waals surface area contributed by atoms with Crippen LogP contribution in [0.15, 0.2) is 24.5 Å². The second kappa shape index (κ2) is 7.16. The maximum Gasteiger partial charge on any atom is 0.166 e. The Balaban J connectivity index is 2.07. The lowest BCUT2D eigenvalue weighted by atomic mass is 10.2. The van der Waals surface area contributed by atoms with E-state index in [9.17, 15) is 9.90 Å². The molecule has 0 unspecified atom stereocenters. The first-order valence-corrected chi connectivity index (χ1v) is 8.27. The van der Waals surface area contributed by atoms with E-state index in [0.717, 1.165) is 0 Å². The minimum absolute atomic E-state index is 0.0410. The molecule has 3 aromatic rings. The molecule has 0 aliphatic rings. The maximum absolute atomic E-state index is 10.9. The average Bonchev–Trinajstić information content (AvgIpc) is 3.00. The van der Waals surface area contributed by atoms with Crippen LogP contribution < -0.4 is 5.32 Å². The van der Waals surface area contributed by atoms with E-state index in [0.29, 0.717) is 51.8 Å². The molecule has 7 nitrogen and oxygen atoms in total. The zero-order valence-electron chi connectivity index (χ0n) is 13.9. The van der Waals surface area contributed by atoms with E-state index >= 15 is 0 Å². The number of anilines is 2. The Morgan fingerprint density at radius 2 is 2.16 bits per heavy atom. The standard InChI is InChI=1S/C17H18ClN5O2/c1-10(2)23-9-19-15-16(21-14(5-6-24)22-17(15)23)20-12-4-3-11(8-25)13(18)7-12/h3-4,7-10,24H,5-6H2,1-2H3,(H,20,21,22). The smallest absolute Gasteiger partial charge is 0.166 e. The summed E-state index contributed by atoms with van der Waals surface area (Å²) in [7, 11) is 0. The van der Waals surface area contributed by atoms with E-state index in [1.54, 1.807) is 24.5 Å². The predicted molar refractivity (Wildman–Crippen MR) is 96.6 cm³/mol. The molecule has 0 fully saturated rings. The van der Waals surface area contributed by atoms with Crippen molar-refractivity contribution in [1.29, 1.82) is 0 Å². The number of nitrogens with zero attached hydrogens (tertiary/aromatic N) is 4. The van der Waals surface area contributed by atoms with Crippen molar-refractivity contribution in [3.8, 4) is 0 Å². The van der Waals surface area contributed by atoms with E-state index in [4.69, 9.17) is 11.6 Å². The van der Waals surface area contributed by atoms with E-state index < -0.39 is 0 Å². The van der Waals surface area contributed by atoms with Crippen LogP contribution in [0.2, 0.25) is 5.02 Å². The summed E-state index contributed by atoms with van der Waals surface area (Å²) in [6.45, 7) is 4.04. The SMILES string of the molecule is CC(C)n1cnc2c(Nc3ccc(C=O)c(Cl)c3)nc(CCO)nc21. The highest BCUT2D eigenvalue weighted by molar-refractivity contribution is 6.33. The molecule has 0 saturated carbocycles. The molecule has 0 saturated heterocycles. The molecule has 0 aliphatic carbocycles. The molecule has 0 spiro atoms. The molecular weight excluding hydrogens is 342 g/mol. The number of carbonyl (C=O) groups is 1. The zero-order chi connectivity index (χ0) is 18.0. The fourth-order valence-electron chi connectivity index (χ4n) is 2.48. The van der Waals surface area contributed by atoms with Gasteiger partial charge in [-0.3, -0.25) is 4.79 Å². The van der Waals surface area contributed by atoms with Crippen LogP contribution in [-0.2, 0) is 6.42 Å². The van der Waals surface area contributed by atoms with Crippen molar-refractivity contribution in [3.63, 3.8) is 0 Å². The van der Waals surface area contributed by atoms with Crippen molar-refractivity contribution in [2.75, 3.05) is 11.9 Å². The summed E-state index contributed by atoms with van der Waals surface area (Å²) >= 11 is 6.08. The van der Waals surface area contributed by atoms with Crippen molar-refractivity contribution < 1.29 is 9.90 Å². The van der Waals surface area contributed by atoms with Gasteiger partial charge in [0.1, 0.15) is 5.82 Å². The number of aliphatic hydroxyl groups excluding tert-OH is 1. The van der Waals surface area contributed by atoms with Gasteiger partial charge in [-0.25, -0.2) is 15.0 Å². The molecule has 0 radical (unpaired) electrons. The van der Waals surface area contributed by atoms with Crippen molar-refractivity contribution in [2.45, 2.75) is 26.3 Å². The van der Waals surface area contributed by atoms with Gasteiger partial charge in [-0.15, -0.1) is 0 Å². The third-order valence-corrected chi connectivity index (χ3v) is 4.08. The van der Waals surface area contributed by atoms with Gasteiger partial charge < -0.3 is 15.0 Å². The highest BCUT2D eigenvalue weighted by Crippen LogP contribution is 2.27. The molecule has 2 aromatic heterocycles. The quantitative estimate of drug-likeness (QED) is 0.657. The lowest BCUT2D eigenvalue weighted by molar-refractivity contribution is 0.112. The minimum atomic E-state index is -0.0410. The van der Waals surface area contributed by atoms with Crippen molar-refractivity contribution in [2.24, 2.45) is 0 Å². The van der Waals surface area contributed by atoms with Gasteiger partial charge >= 0.3 is 0 Å². The highest BCUT2D eigenvalue weighted by atomic mass is 35.5. The van der Waals surface area contributed by atoms with Gasteiger partial charge in [0.2, 0.25) is 0 Å². The lowest BCUT2D eigenvalue weighted by Crippen LogP contribution is -2.07. The van der Waals surface area contributed by atoms with Crippen LogP contribution in [0.4, 0.5) is 11.5 Å². The zero-order valence-corrected chi connectivity index (χ0v) is 14.7. The summed E-state index contributed by atoms with van der Waals surface area (Å²) in [6.07, 6.45) is 2.78. The number of aliphatic hydroxyl groups is 1. The summed E-state index contributed by atoms with van der Waals surface area (Å²) in [6, 6.07) is 5.23. The number of fused-ring (bicyclic) bond motifs is 1. The van der Waals surface area contributed by atoms with Gasteiger partial charge in [-0.05, 0) is 32.0 Å². The fourth-order valence-corrected chi connectivity index (χ4v) is 2.70. The topological polar surface area (TPSA) is 92.9 Å². The Bertz CT molecular complexity index is 923. The number of rotatable bonds is 6. The largest absolute Gasteiger partial charge is 0.396 e. The Labute approximate surface area is 149 Å². The van der Waals surface area contributed by atoms with Crippen LogP contribution in [0.1, 0.15) is 36.1 Å². The Morgan fingerprint density at radius 3 is 2.80 bits per heavy atom. The van der Waals surface area contributed by atoms with Crippen LogP contribution in [0.25, 0.3) is 11.2 Å². The molecule has 0 aliphatic heterocycles. The Morgan fingerprint density at radius 1 is 1.36 bits per heavy atom. The number of carbonyl (C=O) groups excluding carboxylic acids is 1. The normalized spacial score (nSPS) is 11.2. The Kier molecular flexibility index (Phi) is 4.96. The van der Waals surface area contributed by atoms with Gasteiger partial charge in [0, 0.05) is 23.7 Å². The molecule has 8 heteroatoms. The first kappa shape index (κ1) is 17.3. The molecule has 3 rings (SSSR count). The monoisotopic (exact) mass is 359 g/mol. The second-order valence-electron chi connectivity index (χ2n) is 5.86. The third-order valence-electron chi connectivity index (χ3n) is 3.75. The van der Waals surface area contributed by atoms with Gasteiger partial charge in [0.25, 0.3) is 0 Å².